The number of aromatic nitrogens is 1. The lowest BCUT2D eigenvalue weighted by molar-refractivity contribution is 0.535. The summed E-state index contributed by atoms with van der Waals surface area (Å²) >= 11 is 0. The molecule has 1 aromatic heterocycles. The van der Waals surface area contributed by atoms with Crippen LogP contribution in [0.2, 0.25) is 0 Å². The minimum atomic E-state index is -3.67. The standard InChI is InChI=1S/C5H5N.BF3/c1-2-4-6-5-3-1;2-1(3)4/h1-5H;. The largest absolute Gasteiger partial charge is 0.762 e. The summed E-state index contributed by atoms with van der Waals surface area (Å²) in [5.74, 6) is 0. The molecule has 0 spiro atoms. The van der Waals surface area contributed by atoms with Crippen molar-refractivity contribution in [3.8, 4) is 0 Å². The molecule has 0 amide bonds. The minimum Gasteiger partial charge on any atom is -0.265 e. The van der Waals surface area contributed by atoms with Crippen molar-refractivity contribution in [3.63, 3.8) is 0 Å². The van der Waals surface area contributed by atoms with Crippen LogP contribution in [0.1, 0.15) is 0 Å². The second-order valence-corrected chi connectivity index (χ2v) is 1.27. The first-order chi connectivity index (χ1) is 4.73. The average molecular weight is 147 g/mol. The number of hydrogen-bond acceptors (Lipinski definition) is 1. The topological polar surface area (TPSA) is 12.9 Å². The molecule has 0 radical (unpaired) electrons. The summed E-state index contributed by atoms with van der Waals surface area (Å²) in [6, 6.07) is 5.72. The zero-order valence-electron chi connectivity index (χ0n) is 5.05. The van der Waals surface area contributed by atoms with E-state index in [1.54, 1.807) is 12.4 Å². The highest BCUT2D eigenvalue weighted by molar-refractivity contribution is 6.33. The smallest absolute Gasteiger partial charge is 0.265 e. The summed E-state index contributed by atoms with van der Waals surface area (Å²) in [7, 11) is -3.67. The van der Waals surface area contributed by atoms with Gasteiger partial charge in [-0.15, -0.1) is 0 Å². The van der Waals surface area contributed by atoms with Gasteiger partial charge < -0.3 is 0 Å². The van der Waals surface area contributed by atoms with Gasteiger partial charge in [0.1, 0.15) is 0 Å². The normalized spacial score (nSPS) is 7.50. The summed E-state index contributed by atoms with van der Waals surface area (Å²) in [4.78, 5) is 3.78. The molecule has 0 aromatic carbocycles. The predicted octanol–water partition coefficient (Wildman–Crippen LogP) is 1.96. The fourth-order valence-electron chi connectivity index (χ4n) is 0.313. The molecular weight excluding hydrogens is 142 g/mol. The molecule has 0 aliphatic carbocycles. The van der Waals surface area contributed by atoms with Gasteiger partial charge in [0.2, 0.25) is 0 Å². The maximum atomic E-state index is 9.67. The van der Waals surface area contributed by atoms with E-state index in [0.29, 0.717) is 0 Å². The van der Waals surface area contributed by atoms with Crippen LogP contribution < -0.4 is 0 Å². The van der Waals surface area contributed by atoms with E-state index in [1.165, 1.54) is 0 Å². The highest BCUT2D eigenvalue weighted by atomic mass is 19.4. The van der Waals surface area contributed by atoms with Crippen LogP contribution in [0.15, 0.2) is 30.6 Å². The molecule has 0 unspecified atom stereocenters. The van der Waals surface area contributed by atoms with Gasteiger partial charge >= 0.3 is 7.54 Å². The van der Waals surface area contributed by atoms with Gasteiger partial charge in [-0.3, -0.25) is 17.9 Å². The van der Waals surface area contributed by atoms with Gasteiger partial charge in [0.25, 0.3) is 0 Å². The van der Waals surface area contributed by atoms with Crippen LogP contribution in [0.5, 0.6) is 0 Å². The van der Waals surface area contributed by atoms with E-state index in [9.17, 15) is 12.9 Å². The molecule has 0 aliphatic rings. The first-order valence-electron chi connectivity index (χ1n) is 2.50. The van der Waals surface area contributed by atoms with E-state index in [-0.39, 0.29) is 0 Å². The third kappa shape index (κ3) is 10.1. The molecule has 0 atom stereocenters. The van der Waals surface area contributed by atoms with Crippen molar-refractivity contribution in [2.45, 2.75) is 0 Å². The Hall–Kier alpha value is -0.995. The second-order valence-electron chi connectivity index (χ2n) is 1.27. The van der Waals surface area contributed by atoms with Crippen LogP contribution in [0, 0.1) is 0 Å². The Balaban J connectivity index is 0.000000180. The highest BCUT2D eigenvalue weighted by Gasteiger charge is 2.06. The molecule has 0 fully saturated rings. The van der Waals surface area contributed by atoms with E-state index < -0.39 is 7.54 Å². The fraction of sp³-hybridized carbons (Fsp3) is 0. The summed E-state index contributed by atoms with van der Waals surface area (Å²) in [6.07, 6.45) is 3.50. The van der Waals surface area contributed by atoms with Crippen molar-refractivity contribution in [1.29, 1.82) is 0 Å². The molecule has 10 heavy (non-hydrogen) atoms. The molecule has 0 aliphatic heterocycles. The van der Waals surface area contributed by atoms with Crippen molar-refractivity contribution in [2.75, 3.05) is 0 Å². The van der Waals surface area contributed by atoms with E-state index >= 15 is 0 Å². The van der Waals surface area contributed by atoms with Crippen molar-refractivity contribution >= 4 is 7.54 Å². The highest BCUT2D eigenvalue weighted by Crippen LogP contribution is 1.80. The van der Waals surface area contributed by atoms with Gasteiger partial charge in [-0.1, -0.05) is 6.07 Å². The zero-order chi connectivity index (χ0) is 7.82. The molecule has 0 N–H and O–H groups in total. The molecule has 0 saturated heterocycles. The third-order valence-electron chi connectivity index (χ3n) is 0.566. The summed E-state index contributed by atoms with van der Waals surface area (Å²) in [6.45, 7) is 0. The molecule has 0 bridgehead atoms. The molecule has 1 aromatic rings. The first kappa shape index (κ1) is 9.00. The van der Waals surface area contributed by atoms with Crippen LogP contribution in [-0.2, 0) is 0 Å². The maximum absolute atomic E-state index is 9.67. The van der Waals surface area contributed by atoms with Crippen LogP contribution in [0.4, 0.5) is 12.9 Å². The summed E-state index contributed by atoms with van der Waals surface area (Å²) in [5.41, 5.74) is 0. The SMILES string of the molecule is FB(F)F.c1ccncc1. The zero-order valence-corrected chi connectivity index (χ0v) is 5.05. The van der Waals surface area contributed by atoms with Gasteiger partial charge in [0.05, 0.1) is 0 Å². The Labute approximate surface area is 57.1 Å². The Kier molecular flexibility index (Phi) is 5.52. The number of nitrogens with zero attached hydrogens (tertiary/aromatic N) is 1. The van der Waals surface area contributed by atoms with Crippen molar-refractivity contribution in [2.24, 2.45) is 0 Å². The van der Waals surface area contributed by atoms with Gasteiger partial charge in [-0.2, -0.15) is 0 Å². The lowest BCUT2D eigenvalue weighted by Crippen LogP contribution is -1.76. The van der Waals surface area contributed by atoms with Gasteiger partial charge in [0, 0.05) is 12.4 Å². The van der Waals surface area contributed by atoms with Gasteiger partial charge in [0.15, 0.2) is 0 Å². The second kappa shape index (κ2) is 6.13. The molecule has 5 heteroatoms. The van der Waals surface area contributed by atoms with Crippen LogP contribution in [-0.4, -0.2) is 12.5 Å². The van der Waals surface area contributed by atoms with Crippen LogP contribution >= 0.6 is 0 Å². The van der Waals surface area contributed by atoms with E-state index in [1.807, 2.05) is 18.2 Å². The van der Waals surface area contributed by atoms with Crippen LogP contribution in [0.25, 0.3) is 0 Å². The predicted molar refractivity (Wildman–Crippen MR) is 33.3 cm³/mol. The Bertz CT molecular complexity index is 117. The lowest BCUT2D eigenvalue weighted by Gasteiger charge is -1.70. The summed E-state index contributed by atoms with van der Waals surface area (Å²) < 4.78 is 29.0. The molecule has 54 valence electrons. The molecule has 0 saturated carbocycles. The molecule has 1 nitrogen and oxygen atoms in total. The van der Waals surface area contributed by atoms with E-state index in [4.69, 9.17) is 0 Å². The van der Waals surface area contributed by atoms with E-state index in [0.717, 1.165) is 0 Å². The van der Waals surface area contributed by atoms with E-state index in [2.05, 4.69) is 4.98 Å². The maximum Gasteiger partial charge on any atom is 0.762 e. The Morgan fingerprint density at radius 1 is 0.900 bits per heavy atom. The molecular formula is C5H5BF3N. The Morgan fingerprint density at radius 3 is 1.40 bits per heavy atom. The average Bonchev–Trinajstić information content (AvgIpc) is 1.90. The molecule has 1 heterocycles. The Morgan fingerprint density at radius 2 is 1.30 bits per heavy atom. The van der Waals surface area contributed by atoms with Crippen molar-refractivity contribution in [1.82, 2.24) is 4.98 Å². The van der Waals surface area contributed by atoms with Crippen molar-refractivity contribution < 1.29 is 12.9 Å². The number of rotatable bonds is 0. The first-order valence-corrected chi connectivity index (χ1v) is 2.50. The number of halogens is 3. The van der Waals surface area contributed by atoms with Crippen LogP contribution in [0.3, 0.4) is 0 Å². The quantitative estimate of drug-likeness (QED) is 0.511. The fourth-order valence-corrected chi connectivity index (χ4v) is 0.313. The van der Waals surface area contributed by atoms with Gasteiger partial charge in [-0.25, -0.2) is 0 Å². The number of hydrogen-bond donors (Lipinski definition) is 0. The third-order valence-corrected chi connectivity index (χ3v) is 0.566. The monoisotopic (exact) mass is 147 g/mol. The lowest BCUT2D eigenvalue weighted by atomic mass is 10.5. The summed E-state index contributed by atoms with van der Waals surface area (Å²) in [5, 5.41) is 0. The number of pyridine rings is 1. The molecule has 1 rings (SSSR count). The van der Waals surface area contributed by atoms with Crippen molar-refractivity contribution in [3.05, 3.63) is 30.6 Å². The minimum absolute atomic E-state index is 1.75. The van der Waals surface area contributed by atoms with Gasteiger partial charge in [-0.05, 0) is 12.1 Å².